The monoisotopic (exact) mass is 737 g/mol. The second-order valence-electron chi connectivity index (χ2n) is 13.9. The second-order valence-corrected chi connectivity index (χ2v) is 13.9. The summed E-state index contributed by atoms with van der Waals surface area (Å²) >= 11 is 0. The molecule has 0 spiro atoms. The molecule has 7 aromatic rings. The van der Waals surface area contributed by atoms with Crippen LogP contribution in [0.15, 0.2) is 183 Å². The number of fused-ring (bicyclic) bond motifs is 2. The summed E-state index contributed by atoms with van der Waals surface area (Å²) in [5, 5.41) is 2.98. The van der Waals surface area contributed by atoms with Crippen molar-refractivity contribution >= 4 is 22.6 Å². The van der Waals surface area contributed by atoms with Gasteiger partial charge in [-0.05, 0) is 110 Å². The average Bonchev–Trinajstić information content (AvgIpc) is 3.24. The molecule has 2 unspecified atom stereocenters. The molecule has 0 saturated heterocycles. The van der Waals surface area contributed by atoms with Gasteiger partial charge in [0.15, 0.2) is 11.5 Å². The van der Waals surface area contributed by atoms with Crippen LogP contribution in [0, 0.1) is 20.8 Å². The van der Waals surface area contributed by atoms with Crippen molar-refractivity contribution in [2.45, 2.75) is 39.8 Å². The summed E-state index contributed by atoms with van der Waals surface area (Å²) in [4.78, 5) is 2.26. The summed E-state index contributed by atoms with van der Waals surface area (Å²) in [5.41, 5.74) is 17.2. The maximum absolute atomic E-state index is 6.12. The molecule has 1 heterocycles. The molecule has 5 nitrogen and oxygen atoms in total. The normalized spacial score (nSPS) is 12.2. The minimum atomic E-state index is -0.0457. The number of anilines is 3. The fraction of sp³-hybridized carbons (Fsp3) is 0.137. The quantitative estimate of drug-likeness (QED) is 0.152. The van der Waals surface area contributed by atoms with E-state index in [0.717, 1.165) is 62.3 Å². The highest BCUT2D eigenvalue weighted by atomic mass is 16.5. The molecule has 0 aromatic heterocycles. The topological polar surface area (TPSA) is 59.8 Å². The summed E-state index contributed by atoms with van der Waals surface area (Å²) in [5.74, 6) is 3.82. The van der Waals surface area contributed by atoms with Gasteiger partial charge in [-0.2, -0.15) is 0 Å². The number of nitrogens with two attached hydrogens (primary N) is 1. The lowest BCUT2D eigenvalue weighted by Crippen LogP contribution is -2.24. The number of allylic oxidation sites excluding steroid dienone is 1. The van der Waals surface area contributed by atoms with Crippen LogP contribution in [0.3, 0.4) is 0 Å². The molecule has 2 atom stereocenters. The zero-order valence-electron chi connectivity index (χ0n) is 32.9. The number of hydrogen-bond donors (Lipinski definition) is 2. The molecule has 0 fully saturated rings. The van der Waals surface area contributed by atoms with E-state index in [-0.39, 0.29) is 12.1 Å². The van der Waals surface area contributed by atoms with Crippen molar-refractivity contribution in [2.24, 2.45) is 5.73 Å². The Labute approximate surface area is 332 Å². The van der Waals surface area contributed by atoms with Crippen LogP contribution >= 0.6 is 0 Å². The molecule has 0 bridgehead atoms. The van der Waals surface area contributed by atoms with E-state index in [1.54, 1.807) is 0 Å². The van der Waals surface area contributed by atoms with Crippen molar-refractivity contribution in [2.75, 3.05) is 11.9 Å². The third kappa shape index (κ3) is 9.63. The molecule has 7 aromatic carbocycles. The van der Waals surface area contributed by atoms with Crippen LogP contribution in [0.4, 0.5) is 17.1 Å². The number of benzene rings is 7. The van der Waals surface area contributed by atoms with E-state index in [1.165, 1.54) is 16.7 Å². The van der Waals surface area contributed by atoms with Crippen molar-refractivity contribution in [1.29, 1.82) is 0 Å². The maximum Gasteiger partial charge on any atom is 0.151 e. The van der Waals surface area contributed by atoms with Crippen molar-refractivity contribution < 1.29 is 9.47 Å². The number of aryl methyl sites for hydroxylation is 3. The van der Waals surface area contributed by atoms with Crippen LogP contribution in [0.1, 0.15) is 52.4 Å². The molecule has 5 heteroatoms. The van der Waals surface area contributed by atoms with E-state index in [1.807, 2.05) is 124 Å². The van der Waals surface area contributed by atoms with Crippen LogP contribution in [0.5, 0.6) is 23.0 Å². The van der Waals surface area contributed by atoms with Crippen LogP contribution in [0.2, 0.25) is 0 Å². The first-order valence-electron chi connectivity index (χ1n) is 19.0. The lowest BCUT2D eigenvalue weighted by molar-refractivity contribution is 0.475. The molecule has 282 valence electrons. The summed E-state index contributed by atoms with van der Waals surface area (Å²) < 4.78 is 12.0. The molecule has 1 aliphatic heterocycles. The van der Waals surface area contributed by atoms with Gasteiger partial charge in [-0.3, -0.25) is 0 Å². The Bertz CT molecular complexity index is 2250. The van der Waals surface area contributed by atoms with Gasteiger partial charge in [-0.25, -0.2) is 0 Å². The van der Waals surface area contributed by atoms with Crippen molar-refractivity contribution in [3.05, 3.63) is 216 Å². The molecule has 3 N–H and O–H groups in total. The van der Waals surface area contributed by atoms with E-state index in [2.05, 4.69) is 103 Å². The Hall–Kier alpha value is -6.40. The zero-order chi connectivity index (χ0) is 39.4. The van der Waals surface area contributed by atoms with Gasteiger partial charge in [0.25, 0.3) is 0 Å². The van der Waals surface area contributed by atoms with Gasteiger partial charge in [0.05, 0.1) is 17.5 Å². The minimum absolute atomic E-state index is 0.0457. The molecule has 8 rings (SSSR count). The van der Waals surface area contributed by atoms with E-state index in [4.69, 9.17) is 15.2 Å². The molecule has 1 aliphatic rings. The van der Waals surface area contributed by atoms with Gasteiger partial charge in [0.1, 0.15) is 11.5 Å². The third-order valence-corrected chi connectivity index (χ3v) is 9.91. The van der Waals surface area contributed by atoms with Gasteiger partial charge in [0, 0.05) is 11.6 Å². The fourth-order valence-corrected chi connectivity index (χ4v) is 6.40. The zero-order valence-corrected chi connectivity index (χ0v) is 32.9. The van der Waals surface area contributed by atoms with Crippen LogP contribution < -0.4 is 25.4 Å². The Morgan fingerprint density at radius 3 is 1.57 bits per heavy atom. The van der Waals surface area contributed by atoms with E-state index in [0.29, 0.717) is 0 Å². The van der Waals surface area contributed by atoms with Gasteiger partial charge < -0.3 is 25.4 Å². The van der Waals surface area contributed by atoms with Crippen LogP contribution in [-0.4, -0.2) is 7.05 Å². The summed E-state index contributed by atoms with van der Waals surface area (Å²) in [6.07, 6.45) is -0.0457. The van der Waals surface area contributed by atoms with Gasteiger partial charge in [-0.1, -0.05) is 146 Å². The number of para-hydroxylation sites is 6. The Balaban J connectivity index is 0.000000169. The minimum Gasteiger partial charge on any atom is -0.457 e. The van der Waals surface area contributed by atoms with E-state index < -0.39 is 0 Å². The second kappa shape index (κ2) is 18.8. The predicted molar refractivity (Wildman–Crippen MR) is 235 cm³/mol. The fourth-order valence-electron chi connectivity index (χ4n) is 6.40. The van der Waals surface area contributed by atoms with E-state index in [9.17, 15) is 0 Å². The standard InChI is InChI=1S/C28H23NO.C14H14O.C9H14N2/c1-20(22-10-4-3-5-11-22)21(2)23-16-18-24(19-17-23)29-25-12-6-8-14-27(25)30-28-15-9-7-13-26(28)29;1-11-7-3-5-9-13(11)15-14-10-6-4-8-12(14)2;1-7-3-5-8(6-4-7)9(10)11-2/h3-19,21H,1H2,2H3;3-10H,1-2H3;3-6,9,11H,10H2,1-2H3. The summed E-state index contributed by atoms with van der Waals surface area (Å²) in [7, 11) is 1.85. The highest BCUT2D eigenvalue weighted by Crippen LogP contribution is 2.50. The first-order valence-corrected chi connectivity index (χ1v) is 19.0. The lowest BCUT2D eigenvalue weighted by atomic mass is 9.89. The molecule has 0 radical (unpaired) electrons. The van der Waals surface area contributed by atoms with Crippen LogP contribution in [0.25, 0.3) is 5.57 Å². The Morgan fingerprint density at radius 2 is 1.05 bits per heavy atom. The highest BCUT2D eigenvalue weighted by molar-refractivity contribution is 5.86. The smallest absolute Gasteiger partial charge is 0.151 e. The van der Waals surface area contributed by atoms with Crippen molar-refractivity contribution in [3.63, 3.8) is 0 Å². The number of ether oxygens (including phenoxy) is 2. The molecular formula is C51H51N3O2. The SMILES string of the molecule is C=C(c1ccccc1)C(C)c1ccc(N2c3ccccc3Oc3ccccc32)cc1.CNC(N)c1ccc(C)cc1.Cc1ccccc1Oc1ccccc1C. The average molecular weight is 738 g/mol. The molecule has 56 heavy (non-hydrogen) atoms. The summed E-state index contributed by atoms with van der Waals surface area (Å²) in [6.45, 7) is 12.7. The van der Waals surface area contributed by atoms with E-state index >= 15 is 0 Å². The lowest BCUT2D eigenvalue weighted by Gasteiger charge is -2.33. The van der Waals surface area contributed by atoms with Gasteiger partial charge in [0.2, 0.25) is 0 Å². The predicted octanol–water partition coefficient (Wildman–Crippen LogP) is 13.3. The summed E-state index contributed by atoms with van der Waals surface area (Å²) in [6, 6.07) is 59.8. The number of nitrogens with zero attached hydrogens (tertiary/aromatic N) is 1. The van der Waals surface area contributed by atoms with Crippen LogP contribution in [-0.2, 0) is 0 Å². The third-order valence-electron chi connectivity index (χ3n) is 9.91. The molecule has 0 amide bonds. The van der Waals surface area contributed by atoms with Gasteiger partial charge in [-0.15, -0.1) is 0 Å². The highest BCUT2D eigenvalue weighted by Gasteiger charge is 2.25. The molecule has 0 aliphatic carbocycles. The number of nitrogens with one attached hydrogen (secondary N) is 1. The Morgan fingerprint density at radius 1 is 0.589 bits per heavy atom. The Kier molecular flexibility index (Phi) is 13.2. The largest absolute Gasteiger partial charge is 0.457 e. The first kappa shape index (κ1) is 39.3. The number of hydrogen-bond acceptors (Lipinski definition) is 5. The van der Waals surface area contributed by atoms with Gasteiger partial charge >= 0.3 is 0 Å². The number of rotatable bonds is 8. The molecular weight excluding hydrogens is 687 g/mol. The molecule has 0 saturated carbocycles. The first-order chi connectivity index (χ1) is 27.2. The van der Waals surface area contributed by atoms with Crippen molar-refractivity contribution in [1.82, 2.24) is 5.32 Å². The maximum atomic E-state index is 6.12. The van der Waals surface area contributed by atoms with Crippen molar-refractivity contribution in [3.8, 4) is 23.0 Å².